The van der Waals surface area contributed by atoms with Crippen LogP contribution in [0.1, 0.15) is 0 Å². The Hall–Kier alpha value is -2.23. The van der Waals surface area contributed by atoms with Crippen LogP contribution in [0.3, 0.4) is 0 Å². The van der Waals surface area contributed by atoms with Crippen molar-refractivity contribution in [3.8, 4) is 22.7 Å². The van der Waals surface area contributed by atoms with E-state index in [4.69, 9.17) is 16.3 Å². The van der Waals surface area contributed by atoms with Gasteiger partial charge in [0.05, 0.1) is 23.5 Å². The second-order valence-corrected chi connectivity index (χ2v) is 8.79. The maximum Gasteiger partial charge on any atom is 0.312 e. The van der Waals surface area contributed by atoms with E-state index in [2.05, 4.69) is 0 Å². The number of ether oxygens (including phenoxy) is 1. The van der Waals surface area contributed by atoms with Crippen molar-refractivity contribution in [1.29, 1.82) is 0 Å². The van der Waals surface area contributed by atoms with Gasteiger partial charge in [-0.2, -0.15) is 0 Å². The normalized spacial score (nSPS) is 11.6. The van der Waals surface area contributed by atoms with Crippen LogP contribution in [0.5, 0.6) is 5.75 Å². The van der Waals surface area contributed by atoms with E-state index in [1.54, 1.807) is 6.07 Å². The minimum absolute atomic E-state index is 0.0719. The zero-order chi connectivity index (χ0) is 19.9. The van der Waals surface area contributed by atoms with Crippen molar-refractivity contribution in [1.82, 2.24) is 4.57 Å². The predicted octanol–water partition coefficient (Wildman–Crippen LogP) is 3.91. The van der Waals surface area contributed by atoms with Gasteiger partial charge in [0.15, 0.2) is 9.84 Å². The highest BCUT2D eigenvalue weighted by atomic mass is 35.5. The van der Waals surface area contributed by atoms with Crippen molar-refractivity contribution in [2.75, 3.05) is 13.4 Å². The van der Waals surface area contributed by atoms with Gasteiger partial charge in [0, 0.05) is 17.2 Å². The van der Waals surface area contributed by atoms with Crippen LogP contribution < -0.4 is 9.61 Å². The van der Waals surface area contributed by atoms with Gasteiger partial charge in [-0.3, -0.25) is 9.36 Å². The first kappa shape index (κ1) is 19.5. The van der Waals surface area contributed by atoms with E-state index in [1.165, 1.54) is 24.6 Å². The Morgan fingerprint density at radius 2 is 1.85 bits per heavy atom. The molecule has 3 rings (SSSR count). The predicted molar refractivity (Wildman–Crippen MR) is 99.9 cm³/mol. The van der Waals surface area contributed by atoms with Crippen molar-refractivity contribution >= 4 is 32.8 Å². The molecule has 3 aromatic rings. The molecule has 1 aromatic heterocycles. The molecule has 0 aliphatic rings. The van der Waals surface area contributed by atoms with E-state index in [1.807, 2.05) is 0 Å². The van der Waals surface area contributed by atoms with Crippen molar-refractivity contribution in [2.45, 2.75) is 4.90 Å². The Morgan fingerprint density at radius 3 is 2.44 bits per heavy atom. The molecule has 0 bridgehead atoms. The van der Waals surface area contributed by atoms with Gasteiger partial charge in [-0.1, -0.05) is 22.9 Å². The van der Waals surface area contributed by atoms with Gasteiger partial charge >= 0.3 is 4.87 Å². The van der Waals surface area contributed by atoms with Gasteiger partial charge < -0.3 is 4.74 Å². The lowest BCUT2D eigenvalue weighted by Crippen LogP contribution is -2.13. The van der Waals surface area contributed by atoms with Crippen LogP contribution in [0.25, 0.3) is 16.9 Å². The Labute approximate surface area is 162 Å². The number of sulfone groups is 1. The van der Waals surface area contributed by atoms with Gasteiger partial charge in [0.2, 0.25) is 0 Å². The quantitative estimate of drug-likeness (QED) is 0.628. The molecular weight excluding hydrogens is 420 g/mol. The number of methoxy groups -OCH3 is 1. The number of thiazole rings is 1. The lowest BCUT2D eigenvalue weighted by Gasteiger charge is -2.12. The van der Waals surface area contributed by atoms with Crippen LogP contribution >= 0.6 is 22.9 Å². The van der Waals surface area contributed by atoms with Gasteiger partial charge in [0.1, 0.15) is 22.3 Å². The zero-order valence-electron chi connectivity index (χ0n) is 14.0. The molecule has 1 heterocycles. The molecule has 0 amide bonds. The largest absolute Gasteiger partial charge is 0.495 e. The van der Waals surface area contributed by atoms with Gasteiger partial charge in [-0.25, -0.2) is 17.2 Å². The monoisotopic (exact) mass is 431 g/mol. The molecule has 2 aromatic carbocycles. The molecule has 142 valence electrons. The lowest BCUT2D eigenvalue weighted by molar-refractivity contribution is 0.415. The first-order valence-electron chi connectivity index (χ1n) is 7.37. The average molecular weight is 432 g/mol. The second-order valence-electron chi connectivity index (χ2n) is 5.58. The Bertz CT molecular complexity index is 1200. The molecule has 0 spiro atoms. The molecule has 0 unspecified atom stereocenters. The molecule has 27 heavy (non-hydrogen) atoms. The van der Waals surface area contributed by atoms with Crippen LogP contribution in [0.15, 0.2) is 45.4 Å². The third-order valence-corrected chi connectivity index (χ3v) is 5.92. The van der Waals surface area contributed by atoms with Crippen LogP contribution in [-0.2, 0) is 9.84 Å². The summed E-state index contributed by atoms with van der Waals surface area (Å²) in [5.41, 5.74) is 0.155. The van der Waals surface area contributed by atoms with E-state index >= 15 is 0 Å². The van der Waals surface area contributed by atoms with Crippen LogP contribution in [0.2, 0.25) is 5.02 Å². The van der Waals surface area contributed by atoms with Crippen molar-refractivity contribution in [3.63, 3.8) is 0 Å². The summed E-state index contributed by atoms with van der Waals surface area (Å²) in [6.45, 7) is 0. The van der Waals surface area contributed by atoms with Crippen molar-refractivity contribution in [3.05, 3.63) is 62.0 Å². The summed E-state index contributed by atoms with van der Waals surface area (Å²) in [7, 11) is -2.50. The summed E-state index contributed by atoms with van der Waals surface area (Å²) in [6.07, 6.45) is 0.782. The standard InChI is InChI=1S/C17H12ClF2NO4S2/c1-25-15-4-3-9(5-11(15)18)21-14(8-26-17(21)22)10-6-13(20)16(7-12(10)19)27(2,23)24/h3-8H,1-2H3. The first-order chi connectivity index (χ1) is 12.6. The van der Waals surface area contributed by atoms with E-state index < -0.39 is 31.2 Å². The van der Waals surface area contributed by atoms with E-state index in [0.29, 0.717) is 17.5 Å². The minimum atomic E-state index is -3.94. The number of benzene rings is 2. The molecule has 5 nitrogen and oxygen atoms in total. The first-order valence-corrected chi connectivity index (χ1v) is 10.5. The molecule has 0 saturated heterocycles. The fourth-order valence-corrected chi connectivity index (χ4v) is 4.28. The summed E-state index contributed by atoms with van der Waals surface area (Å²) in [4.78, 5) is 11.1. The van der Waals surface area contributed by atoms with E-state index in [0.717, 1.165) is 28.2 Å². The molecular formula is C17H12ClF2NO4S2. The Balaban J connectivity index is 2.23. The maximum atomic E-state index is 14.6. The number of halogens is 3. The van der Waals surface area contributed by atoms with Crippen LogP contribution in [0, 0.1) is 11.6 Å². The summed E-state index contributed by atoms with van der Waals surface area (Å²) in [5.74, 6) is -1.69. The summed E-state index contributed by atoms with van der Waals surface area (Å²) in [5, 5.41) is 1.59. The summed E-state index contributed by atoms with van der Waals surface area (Å²) >= 11 is 6.87. The Kier molecular flexibility index (Phi) is 5.11. The zero-order valence-corrected chi connectivity index (χ0v) is 16.4. The smallest absolute Gasteiger partial charge is 0.312 e. The lowest BCUT2D eigenvalue weighted by atomic mass is 10.1. The molecule has 0 saturated carbocycles. The van der Waals surface area contributed by atoms with E-state index in [-0.39, 0.29) is 16.3 Å². The number of hydrogen-bond donors (Lipinski definition) is 0. The second kappa shape index (κ2) is 7.06. The maximum absolute atomic E-state index is 14.6. The van der Waals surface area contributed by atoms with Gasteiger partial charge in [-0.15, -0.1) is 0 Å². The highest BCUT2D eigenvalue weighted by Gasteiger charge is 2.21. The average Bonchev–Trinajstić information content (AvgIpc) is 2.97. The molecule has 0 aliphatic heterocycles. The molecule has 0 N–H and O–H groups in total. The van der Waals surface area contributed by atoms with Crippen LogP contribution in [0.4, 0.5) is 8.78 Å². The fraction of sp³-hybridized carbons (Fsp3) is 0.118. The highest BCUT2D eigenvalue weighted by molar-refractivity contribution is 7.90. The van der Waals surface area contributed by atoms with Gasteiger partial charge in [0.25, 0.3) is 0 Å². The third-order valence-electron chi connectivity index (χ3n) is 3.79. The van der Waals surface area contributed by atoms with Crippen LogP contribution in [-0.4, -0.2) is 26.4 Å². The minimum Gasteiger partial charge on any atom is -0.495 e. The SMILES string of the molecule is COc1ccc(-n2c(-c3cc(F)c(S(C)(=O)=O)cc3F)csc2=O)cc1Cl. The summed E-state index contributed by atoms with van der Waals surface area (Å²) in [6, 6.07) is 5.90. The topological polar surface area (TPSA) is 65.4 Å². The third kappa shape index (κ3) is 3.62. The number of aromatic nitrogens is 1. The summed E-state index contributed by atoms with van der Waals surface area (Å²) < 4.78 is 58.1. The Morgan fingerprint density at radius 1 is 1.15 bits per heavy atom. The number of hydrogen-bond acceptors (Lipinski definition) is 5. The fourth-order valence-electron chi connectivity index (χ4n) is 2.54. The molecule has 0 radical (unpaired) electrons. The molecule has 0 fully saturated rings. The number of rotatable bonds is 4. The van der Waals surface area contributed by atoms with Gasteiger partial charge in [-0.05, 0) is 30.3 Å². The van der Waals surface area contributed by atoms with E-state index in [9.17, 15) is 22.0 Å². The highest BCUT2D eigenvalue weighted by Crippen LogP contribution is 2.32. The van der Waals surface area contributed by atoms with Crippen molar-refractivity contribution in [2.24, 2.45) is 0 Å². The molecule has 10 heteroatoms. The molecule has 0 atom stereocenters. The van der Waals surface area contributed by atoms with Crippen molar-refractivity contribution < 1.29 is 21.9 Å². The molecule has 0 aliphatic carbocycles. The number of nitrogens with zero attached hydrogens (tertiary/aromatic N) is 1.